The molecule has 0 fully saturated rings. The number of hydrogen-bond donors (Lipinski definition) is 2. The third kappa shape index (κ3) is 3.75. The number of nitrogens with two attached hydrogens (primary N) is 1. The van der Waals surface area contributed by atoms with Gasteiger partial charge in [-0.05, 0) is 20.8 Å². The molecule has 0 rings (SSSR count). The van der Waals surface area contributed by atoms with E-state index in [4.69, 9.17) is 25.1 Å². The van der Waals surface area contributed by atoms with Crippen molar-refractivity contribution in [1.29, 1.82) is 0 Å². The van der Waals surface area contributed by atoms with E-state index in [1.165, 1.54) is 0 Å². The van der Waals surface area contributed by atoms with E-state index in [1.54, 1.807) is 20.8 Å². The van der Waals surface area contributed by atoms with Gasteiger partial charge in [0.05, 0.1) is 0 Å². The highest BCUT2D eigenvalue weighted by atomic mass is 16.9. The molecular formula is C9H19NO5. The second-order valence-corrected chi connectivity index (χ2v) is 2.72. The first-order chi connectivity index (χ1) is 7.04. The fraction of sp³-hybridized carbons (Fsp3) is 0.889. The Hall–Kier alpha value is -0.690. The topological polar surface area (TPSA) is 91.0 Å². The van der Waals surface area contributed by atoms with Gasteiger partial charge in [-0.1, -0.05) is 0 Å². The van der Waals surface area contributed by atoms with Crippen molar-refractivity contribution in [3.05, 3.63) is 0 Å². The van der Waals surface area contributed by atoms with E-state index in [1.807, 2.05) is 0 Å². The molecule has 90 valence electrons. The summed E-state index contributed by atoms with van der Waals surface area (Å²) in [7, 11) is 0. The molecule has 6 nitrogen and oxygen atoms in total. The maximum absolute atomic E-state index is 10.8. The number of carboxylic acids is 1. The van der Waals surface area contributed by atoms with Gasteiger partial charge in [0.1, 0.15) is 0 Å². The molecule has 0 bridgehead atoms. The molecule has 0 aromatic rings. The molecule has 0 aliphatic heterocycles. The highest BCUT2D eigenvalue weighted by Crippen LogP contribution is 2.19. The second-order valence-electron chi connectivity index (χ2n) is 2.72. The third-order valence-electron chi connectivity index (χ3n) is 1.68. The van der Waals surface area contributed by atoms with Gasteiger partial charge >= 0.3 is 11.9 Å². The first-order valence-electron chi connectivity index (χ1n) is 4.94. The van der Waals surface area contributed by atoms with Gasteiger partial charge in [-0.25, -0.2) is 0 Å². The van der Waals surface area contributed by atoms with Gasteiger partial charge in [0, 0.05) is 19.8 Å². The molecule has 1 atom stereocenters. The molecular weight excluding hydrogens is 202 g/mol. The van der Waals surface area contributed by atoms with Gasteiger partial charge in [0.2, 0.25) is 0 Å². The van der Waals surface area contributed by atoms with Gasteiger partial charge in [-0.2, -0.15) is 0 Å². The molecule has 0 aromatic carbocycles. The lowest BCUT2D eigenvalue weighted by molar-refractivity contribution is -0.382. The van der Waals surface area contributed by atoms with E-state index < -0.39 is 18.0 Å². The van der Waals surface area contributed by atoms with Crippen LogP contribution in [0.25, 0.3) is 0 Å². The first-order valence-corrected chi connectivity index (χ1v) is 4.94. The van der Waals surface area contributed by atoms with Crippen LogP contribution in [-0.4, -0.2) is 42.9 Å². The second kappa shape index (κ2) is 6.73. The minimum Gasteiger partial charge on any atom is -0.480 e. The van der Waals surface area contributed by atoms with Crippen LogP contribution in [0.2, 0.25) is 0 Å². The molecule has 0 aliphatic carbocycles. The van der Waals surface area contributed by atoms with Gasteiger partial charge in [-0.15, -0.1) is 0 Å². The molecule has 3 N–H and O–H groups in total. The Bertz CT molecular complexity index is 180. The van der Waals surface area contributed by atoms with Gasteiger partial charge in [-0.3, -0.25) is 4.79 Å². The number of carboxylic acid groups (broad SMARTS) is 1. The normalized spacial score (nSPS) is 13.9. The summed E-state index contributed by atoms with van der Waals surface area (Å²) in [5.41, 5.74) is 5.48. The molecule has 0 saturated carbocycles. The number of hydrogen-bond acceptors (Lipinski definition) is 5. The summed E-state index contributed by atoms with van der Waals surface area (Å²) >= 11 is 0. The van der Waals surface area contributed by atoms with Crippen molar-refractivity contribution in [3.63, 3.8) is 0 Å². The Morgan fingerprint density at radius 3 is 1.73 bits per heavy atom. The van der Waals surface area contributed by atoms with Crippen LogP contribution in [0.4, 0.5) is 0 Å². The smallest absolute Gasteiger partial charge is 0.328 e. The number of rotatable bonds is 8. The standard InChI is InChI=1S/C9H19NO5/c1-4-13-9(14-5-2,15-6-3)7(10)8(11)12/h7H,4-6,10H2,1-3H3,(H,11,12)/t7-/m1/s1. The molecule has 0 amide bonds. The van der Waals surface area contributed by atoms with Crippen molar-refractivity contribution in [3.8, 4) is 0 Å². The van der Waals surface area contributed by atoms with Crippen molar-refractivity contribution < 1.29 is 24.1 Å². The van der Waals surface area contributed by atoms with Crippen LogP contribution in [-0.2, 0) is 19.0 Å². The highest BCUT2D eigenvalue weighted by molar-refractivity contribution is 5.74. The zero-order valence-corrected chi connectivity index (χ0v) is 9.36. The summed E-state index contributed by atoms with van der Waals surface area (Å²) in [5.74, 6) is -2.92. The van der Waals surface area contributed by atoms with Crippen LogP contribution in [0.1, 0.15) is 20.8 Å². The van der Waals surface area contributed by atoms with Crippen molar-refractivity contribution in [1.82, 2.24) is 0 Å². The average molecular weight is 221 g/mol. The molecule has 0 heterocycles. The van der Waals surface area contributed by atoms with Gasteiger partial charge in [0.25, 0.3) is 0 Å². The lowest BCUT2D eigenvalue weighted by Crippen LogP contribution is -2.58. The van der Waals surface area contributed by atoms with E-state index in [9.17, 15) is 4.79 Å². The monoisotopic (exact) mass is 221 g/mol. The van der Waals surface area contributed by atoms with Crippen LogP contribution < -0.4 is 5.73 Å². The predicted octanol–water partition coefficient (Wildman–Crippen LogP) is 0.162. The Labute approximate surface area is 89.3 Å². The highest BCUT2D eigenvalue weighted by Gasteiger charge is 2.44. The van der Waals surface area contributed by atoms with Crippen molar-refractivity contribution in [2.75, 3.05) is 19.8 Å². The van der Waals surface area contributed by atoms with Crippen LogP contribution in [0, 0.1) is 0 Å². The van der Waals surface area contributed by atoms with E-state index in [2.05, 4.69) is 0 Å². The summed E-state index contributed by atoms with van der Waals surface area (Å²) in [6.07, 6.45) is 0. The zero-order valence-electron chi connectivity index (χ0n) is 9.36. The van der Waals surface area contributed by atoms with E-state index >= 15 is 0 Å². The molecule has 0 radical (unpaired) electrons. The fourth-order valence-electron chi connectivity index (χ4n) is 1.15. The summed E-state index contributed by atoms with van der Waals surface area (Å²) in [6.45, 7) is 5.88. The summed E-state index contributed by atoms with van der Waals surface area (Å²) < 4.78 is 15.5. The van der Waals surface area contributed by atoms with Gasteiger partial charge in [0.15, 0.2) is 6.04 Å². The summed E-state index contributed by atoms with van der Waals surface area (Å²) in [5, 5.41) is 8.83. The number of ether oxygens (including phenoxy) is 3. The van der Waals surface area contributed by atoms with Crippen LogP contribution in [0.5, 0.6) is 0 Å². The van der Waals surface area contributed by atoms with E-state index in [0.29, 0.717) is 0 Å². The van der Waals surface area contributed by atoms with E-state index in [-0.39, 0.29) is 19.8 Å². The molecule has 0 aromatic heterocycles. The molecule has 0 unspecified atom stereocenters. The average Bonchev–Trinajstić information content (AvgIpc) is 2.17. The number of carbonyl (C=O) groups is 1. The Morgan fingerprint density at radius 2 is 1.53 bits per heavy atom. The predicted molar refractivity (Wildman–Crippen MR) is 53.2 cm³/mol. The summed E-state index contributed by atoms with van der Waals surface area (Å²) in [4.78, 5) is 10.8. The zero-order chi connectivity index (χ0) is 11.9. The third-order valence-corrected chi connectivity index (χ3v) is 1.68. The Kier molecular flexibility index (Phi) is 6.42. The fourth-order valence-corrected chi connectivity index (χ4v) is 1.15. The summed E-state index contributed by atoms with van der Waals surface area (Å²) in [6, 6.07) is -1.38. The molecule has 0 saturated heterocycles. The first kappa shape index (κ1) is 14.3. The molecule has 15 heavy (non-hydrogen) atoms. The van der Waals surface area contributed by atoms with Crippen molar-refractivity contribution >= 4 is 5.97 Å². The molecule has 0 aliphatic rings. The largest absolute Gasteiger partial charge is 0.480 e. The Balaban J connectivity index is 4.81. The SMILES string of the molecule is CCOC(OCC)(OCC)[C@H](N)C(=O)O. The maximum atomic E-state index is 10.8. The minimum atomic E-state index is -1.69. The Morgan fingerprint density at radius 1 is 1.20 bits per heavy atom. The quantitative estimate of drug-likeness (QED) is 0.567. The van der Waals surface area contributed by atoms with E-state index in [0.717, 1.165) is 0 Å². The lowest BCUT2D eigenvalue weighted by Gasteiger charge is -2.34. The maximum Gasteiger partial charge on any atom is 0.328 e. The van der Waals surface area contributed by atoms with Crippen molar-refractivity contribution in [2.24, 2.45) is 5.73 Å². The van der Waals surface area contributed by atoms with Crippen LogP contribution in [0.15, 0.2) is 0 Å². The molecule has 0 spiro atoms. The van der Waals surface area contributed by atoms with Crippen molar-refractivity contribution in [2.45, 2.75) is 32.8 Å². The minimum absolute atomic E-state index is 0.251. The number of aliphatic carboxylic acids is 1. The molecule has 6 heteroatoms. The lowest BCUT2D eigenvalue weighted by atomic mass is 10.2. The van der Waals surface area contributed by atoms with Gasteiger partial charge < -0.3 is 25.1 Å². The van der Waals surface area contributed by atoms with Crippen LogP contribution in [0.3, 0.4) is 0 Å². The van der Waals surface area contributed by atoms with Crippen LogP contribution >= 0.6 is 0 Å².